The Labute approximate surface area is 156 Å². The number of nitrogens with zero attached hydrogens (tertiary/aromatic N) is 1. The largest absolute Gasteiger partial charge is 0.497 e. The first-order valence-corrected chi connectivity index (χ1v) is 9.24. The molecule has 1 aliphatic heterocycles. The number of carbonyl (C=O) groups is 1. The maximum absolute atomic E-state index is 12.7. The second kappa shape index (κ2) is 8.50. The van der Waals surface area contributed by atoms with Crippen LogP contribution in [0.5, 0.6) is 5.75 Å². The van der Waals surface area contributed by atoms with E-state index in [0.29, 0.717) is 18.7 Å². The average Bonchev–Trinajstić information content (AvgIpc) is 2.67. The number of piperidine rings is 1. The number of carbonyl (C=O) groups excluding carboxylic acids is 1. The Bertz CT molecular complexity index is 700. The van der Waals surface area contributed by atoms with Crippen LogP contribution in [0.1, 0.15) is 28.8 Å². The zero-order chi connectivity index (χ0) is 17.6. The summed E-state index contributed by atoms with van der Waals surface area (Å²) in [6.07, 6.45) is 2.04. The van der Waals surface area contributed by atoms with Gasteiger partial charge in [-0.3, -0.25) is 4.79 Å². The number of methoxy groups -OCH3 is 1. The van der Waals surface area contributed by atoms with Gasteiger partial charge in [-0.1, -0.05) is 28.1 Å². The topological polar surface area (TPSA) is 38.8 Å². The van der Waals surface area contributed by atoms with E-state index in [1.807, 2.05) is 53.4 Å². The van der Waals surface area contributed by atoms with Gasteiger partial charge >= 0.3 is 0 Å². The number of hydrogen-bond donors (Lipinski definition) is 0. The van der Waals surface area contributed by atoms with Crippen LogP contribution in [0.15, 0.2) is 53.0 Å². The number of benzene rings is 2. The summed E-state index contributed by atoms with van der Waals surface area (Å²) in [4.78, 5) is 14.6. The molecule has 25 heavy (non-hydrogen) atoms. The molecular formula is C20H22BrNO3. The summed E-state index contributed by atoms with van der Waals surface area (Å²) < 4.78 is 12.2. The lowest BCUT2D eigenvalue weighted by Gasteiger charge is -2.32. The van der Waals surface area contributed by atoms with Crippen LogP contribution in [0.4, 0.5) is 0 Å². The number of halogens is 1. The molecule has 2 aromatic rings. The number of rotatable bonds is 5. The van der Waals surface area contributed by atoms with Crippen LogP contribution in [-0.4, -0.2) is 37.1 Å². The van der Waals surface area contributed by atoms with E-state index >= 15 is 0 Å². The minimum Gasteiger partial charge on any atom is -0.497 e. The minimum absolute atomic E-state index is 0.0552. The van der Waals surface area contributed by atoms with Crippen molar-refractivity contribution in [1.29, 1.82) is 0 Å². The molecule has 0 saturated carbocycles. The van der Waals surface area contributed by atoms with Crippen LogP contribution in [0.3, 0.4) is 0 Å². The van der Waals surface area contributed by atoms with E-state index in [1.165, 1.54) is 0 Å². The quantitative estimate of drug-likeness (QED) is 0.747. The molecule has 5 heteroatoms. The average molecular weight is 404 g/mol. The summed E-state index contributed by atoms with van der Waals surface area (Å²) >= 11 is 3.44. The molecule has 1 fully saturated rings. The van der Waals surface area contributed by atoms with Gasteiger partial charge in [-0.2, -0.15) is 0 Å². The van der Waals surface area contributed by atoms with Crippen molar-refractivity contribution in [3.63, 3.8) is 0 Å². The van der Waals surface area contributed by atoms with Crippen molar-refractivity contribution >= 4 is 21.8 Å². The monoisotopic (exact) mass is 403 g/mol. The second-order valence-corrected chi connectivity index (χ2v) is 7.10. The standard InChI is InChI=1S/C20H22BrNO3/c1-24-18-10-6-16(7-11-18)20(23)22-12-2-3-19(13-22)25-14-15-4-8-17(21)9-5-15/h4-11,19H,2-3,12-14H2,1H3/t19-/m0/s1. The van der Waals surface area contributed by atoms with Crippen LogP contribution in [-0.2, 0) is 11.3 Å². The van der Waals surface area contributed by atoms with Crippen molar-refractivity contribution in [2.45, 2.75) is 25.6 Å². The SMILES string of the molecule is COc1ccc(C(=O)N2CCC[C@H](OCc3ccc(Br)cc3)C2)cc1. The van der Waals surface area contributed by atoms with Gasteiger partial charge in [0.05, 0.1) is 19.8 Å². The molecule has 1 atom stereocenters. The number of ether oxygens (including phenoxy) is 2. The second-order valence-electron chi connectivity index (χ2n) is 6.18. The molecule has 0 spiro atoms. The first-order chi connectivity index (χ1) is 12.2. The van der Waals surface area contributed by atoms with Gasteiger partial charge in [0.15, 0.2) is 0 Å². The molecule has 0 N–H and O–H groups in total. The van der Waals surface area contributed by atoms with Crippen LogP contribution in [0.2, 0.25) is 0 Å². The fourth-order valence-electron chi connectivity index (χ4n) is 2.97. The lowest BCUT2D eigenvalue weighted by molar-refractivity contribution is -0.00673. The zero-order valence-corrected chi connectivity index (χ0v) is 15.9. The first-order valence-electron chi connectivity index (χ1n) is 8.45. The molecule has 0 radical (unpaired) electrons. The smallest absolute Gasteiger partial charge is 0.253 e. The molecule has 1 amide bonds. The molecule has 1 aliphatic rings. The summed E-state index contributed by atoms with van der Waals surface area (Å²) in [5.41, 5.74) is 1.83. The molecule has 4 nitrogen and oxygen atoms in total. The molecule has 2 aromatic carbocycles. The van der Waals surface area contributed by atoms with Gasteiger partial charge in [-0.05, 0) is 54.8 Å². The fourth-order valence-corrected chi connectivity index (χ4v) is 3.23. The Hall–Kier alpha value is -1.85. The Morgan fingerprint density at radius 3 is 2.56 bits per heavy atom. The van der Waals surface area contributed by atoms with Gasteiger partial charge in [0.25, 0.3) is 5.91 Å². The molecule has 0 unspecified atom stereocenters. The maximum Gasteiger partial charge on any atom is 0.253 e. The fraction of sp³-hybridized carbons (Fsp3) is 0.350. The van der Waals surface area contributed by atoms with E-state index in [0.717, 1.165) is 35.2 Å². The number of amides is 1. The van der Waals surface area contributed by atoms with E-state index < -0.39 is 0 Å². The van der Waals surface area contributed by atoms with E-state index in [-0.39, 0.29) is 12.0 Å². The Morgan fingerprint density at radius 2 is 1.88 bits per heavy atom. The van der Waals surface area contributed by atoms with Crippen LogP contribution < -0.4 is 4.74 Å². The highest BCUT2D eigenvalue weighted by atomic mass is 79.9. The van der Waals surface area contributed by atoms with Crippen LogP contribution in [0, 0.1) is 0 Å². The van der Waals surface area contributed by atoms with Gasteiger partial charge in [0, 0.05) is 23.1 Å². The Kier molecular flexibility index (Phi) is 6.10. The maximum atomic E-state index is 12.7. The van der Waals surface area contributed by atoms with Crippen molar-refractivity contribution in [3.8, 4) is 5.75 Å². The molecule has 0 bridgehead atoms. The highest BCUT2D eigenvalue weighted by Crippen LogP contribution is 2.19. The third kappa shape index (κ3) is 4.83. The highest BCUT2D eigenvalue weighted by molar-refractivity contribution is 9.10. The van der Waals surface area contributed by atoms with E-state index in [9.17, 15) is 4.79 Å². The number of likely N-dealkylation sites (tertiary alicyclic amines) is 1. The number of hydrogen-bond acceptors (Lipinski definition) is 3. The predicted octanol–water partition coefficient (Wildman–Crippen LogP) is 4.28. The molecule has 1 heterocycles. The molecule has 0 aromatic heterocycles. The van der Waals surface area contributed by atoms with E-state index in [4.69, 9.17) is 9.47 Å². The highest BCUT2D eigenvalue weighted by Gasteiger charge is 2.25. The van der Waals surface area contributed by atoms with Crippen LogP contribution >= 0.6 is 15.9 Å². The molecule has 1 saturated heterocycles. The van der Waals surface area contributed by atoms with Gasteiger partial charge in [-0.25, -0.2) is 0 Å². The van der Waals surface area contributed by atoms with Crippen molar-refractivity contribution in [2.24, 2.45) is 0 Å². The minimum atomic E-state index is 0.0552. The summed E-state index contributed by atoms with van der Waals surface area (Å²) in [5.74, 6) is 0.811. The van der Waals surface area contributed by atoms with Crippen molar-refractivity contribution in [2.75, 3.05) is 20.2 Å². The molecule has 0 aliphatic carbocycles. The third-order valence-electron chi connectivity index (χ3n) is 4.40. The summed E-state index contributed by atoms with van der Waals surface area (Å²) in [6.45, 7) is 1.99. The van der Waals surface area contributed by atoms with Gasteiger partial charge < -0.3 is 14.4 Å². The van der Waals surface area contributed by atoms with Gasteiger partial charge in [0.1, 0.15) is 5.75 Å². The Balaban J connectivity index is 1.56. The zero-order valence-electron chi connectivity index (χ0n) is 14.3. The third-order valence-corrected chi connectivity index (χ3v) is 4.93. The first kappa shape index (κ1) is 18.0. The summed E-state index contributed by atoms with van der Waals surface area (Å²) in [5, 5.41) is 0. The Morgan fingerprint density at radius 1 is 1.16 bits per heavy atom. The molecular weight excluding hydrogens is 382 g/mol. The van der Waals surface area contributed by atoms with E-state index in [1.54, 1.807) is 7.11 Å². The predicted molar refractivity (Wildman–Crippen MR) is 101 cm³/mol. The normalized spacial score (nSPS) is 17.4. The van der Waals surface area contributed by atoms with E-state index in [2.05, 4.69) is 15.9 Å². The summed E-state index contributed by atoms with van der Waals surface area (Å²) in [6, 6.07) is 15.4. The lowest BCUT2D eigenvalue weighted by Crippen LogP contribution is -2.43. The van der Waals surface area contributed by atoms with Gasteiger partial charge in [-0.15, -0.1) is 0 Å². The van der Waals surface area contributed by atoms with Crippen molar-refractivity contribution in [3.05, 3.63) is 64.1 Å². The lowest BCUT2D eigenvalue weighted by atomic mass is 10.1. The summed E-state index contributed by atoms with van der Waals surface area (Å²) in [7, 11) is 1.62. The van der Waals surface area contributed by atoms with Crippen LogP contribution in [0.25, 0.3) is 0 Å². The van der Waals surface area contributed by atoms with Crippen molar-refractivity contribution < 1.29 is 14.3 Å². The van der Waals surface area contributed by atoms with Gasteiger partial charge in [0.2, 0.25) is 0 Å². The van der Waals surface area contributed by atoms with Crippen molar-refractivity contribution in [1.82, 2.24) is 4.90 Å². The molecule has 132 valence electrons. The molecule has 3 rings (SSSR count).